The number of nitrogens with zero attached hydrogens (tertiary/aromatic N) is 1. The lowest BCUT2D eigenvalue weighted by Gasteiger charge is -2.22. The predicted octanol–water partition coefficient (Wildman–Crippen LogP) is 9.57. The van der Waals surface area contributed by atoms with E-state index in [1.807, 2.05) is 11.3 Å². The number of hydrogen-bond donors (Lipinski definition) is 1. The smallest absolute Gasteiger partial charge is 0.0950 e. The fourth-order valence-corrected chi connectivity index (χ4v) is 6.99. The molecule has 0 fully saturated rings. The second kappa shape index (κ2) is 8.02. The van der Waals surface area contributed by atoms with Crippen molar-refractivity contribution in [2.45, 2.75) is 0 Å². The molecule has 1 aliphatic rings. The van der Waals surface area contributed by atoms with Crippen molar-refractivity contribution in [1.29, 1.82) is 0 Å². The molecule has 0 spiro atoms. The van der Waals surface area contributed by atoms with Crippen LogP contribution in [0.2, 0.25) is 0 Å². The number of hydrogen-bond acceptors (Lipinski definition) is 3. The van der Waals surface area contributed by atoms with Crippen molar-refractivity contribution < 1.29 is 0 Å². The third kappa shape index (κ3) is 3.14. The first-order chi connectivity index (χ1) is 18.3. The standard InChI is InChI=1S/C34H22N2S/c1-3-11-27-24(8-1)25-9-2-4-12-28(25)33-32(27)35-20-30(36-33)22-18-16-21(17-19-22)23-13-7-14-29-26-10-5-6-15-31(26)37-34(23)29/h1-19,35H,20H2. The summed E-state index contributed by atoms with van der Waals surface area (Å²) in [6, 6.07) is 41.5. The summed E-state index contributed by atoms with van der Waals surface area (Å²) in [5.41, 5.74) is 6.92. The Bertz CT molecular complexity index is 2030. The summed E-state index contributed by atoms with van der Waals surface area (Å²) in [6.45, 7) is 0.709. The Kier molecular flexibility index (Phi) is 4.49. The van der Waals surface area contributed by atoms with Gasteiger partial charge in [0.15, 0.2) is 0 Å². The quantitative estimate of drug-likeness (QED) is 0.240. The van der Waals surface area contributed by atoms with Crippen LogP contribution < -0.4 is 5.32 Å². The third-order valence-electron chi connectivity index (χ3n) is 7.52. The number of anilines is 1. The molecular formula is C34H22N2S. The van der Waals surface area contributed by atoms with Crippen molar-refractivity contribution in [2.24, 2.45) is 4.99 Å². The molecule has 0 bridgehead atoms. The molecule has 2 heterocycles. The van der Waals surface area contributed by atoms with Gasteiger partial charge in [0, 0.05) is 30.9 Å². The minimum absolute atomic E-state index is 0.709. The molecule has 6 aromatic carbocycles. The van der Waals surface area contributed by atoms with Crippen molar-refractivity contribution in [1.82, 2.24) is 0 Å². The summed E-state index contributed by atoms with van der Waals surface area (Å²) < 4.78 is 2.68. The van der Waals surface area contributed by atoms with Gasteiger partial charge < -0.3 is 5.32 Å². The molecule has 1 N–H and O–H groups in total. The van der Waals surface area contributed by atoms with Gasteiger partial charge >= 0.3 is 0 Å². The van der Waals surface area contributed by atoms with Crippen LogP contribution in [0.25, 0.3) is 52.8 Å². The molecule has 1 aromatic heterocycles. The highest BCUT2D eigenvalue weighted by atomic mass is 32.1. The van der Waals surface area contributed by atoms with Gasteiger partial charge in [-0.05, 0) is 33.5 Å². The van der Waals surface area contributed by atoms with E-state index in [0.717, 1.165) is 22.6 Å². The predicted molar refractivity (Wildman–Crippen MR) is 161 cm³/mol. The van der Waals surface area contributed by atoms with Gasteiger partial charge in [0.05, 0.1) is 23.6 Å². The fourth-order valence-electron chi connectivity index (χ4n) is 5.75. The van der Waals surface area contributed by atoms with Crippen LogP contribution >= 0.6 is 11.3 Å². The highest BCUT2D eigenvalue weighted by molar-refractivity contribution is 7.26. The van der Waals surface area contributed by atoms with E-state index in [2.05, 4.69) is 121 Å². The molecule has 0 saturated carbocycles. The first kappa shape index (κ1) is 20.7. The first-order valence-corrected chi connectivity index (χ1v) is 13.4. The molecule has 8 rings (SSSR count). The average molecular weight is 491 g/mol. The van der Waals surface area contributed by atoms with Crippen LogP contribution in [0.5, 0.6) is 0 Å². The van der Waals surface area contributed by atoms with Crippen molar-refractivity contribution in [2.75, 3.05) is 11.9 Å². The summed E-state index contributed by atoms with van der Waals surface area (Å²) in [5.74, 6) is 0. The van der Waals surface area contributed by atoms with Crippen LogP contribution in [0.1, 0.15) is 5.56 Å². The Hall–Kier alpha value is -4.47. The van der Waals surface area contributed by atoms with Gasteiger partial charge in [-0.3, -0.25) is 0 Å². The lowest BCUT2D eigenvalue weighted by atomic mass is 9.96. The Morgan fingerprint density at radius 1 is 0.541 bits per heavy atom. The number of fused-ring (bicyclic) bond motifs is 9. The van der Waals surface area contributed by atoms with Gasteiger partial charge in [0.2, 0.25) is 0 Å². The zero-order valence-corrected chi connectivity index (χ0v) is 20.8. The van der Waals surface area contributed by atoms with Crippen LogP contribution in [-0.4, -0.2) is 12.3 Å². The second-order valence-corrected chi connectivity index (χ2v) is 10.6. The van der Waals surface area contributed by atoms with E-state index in [4.69, 9.17) is 4.99 Å². The Morgan fingerprint density at radius 2 is 1.16 bits per heavy atom. The van der Waals surface area contributed by atoms with Crippen molar-refractivity contribution >= 4 is 70.1 Å². The normalized spacial score (nSPS) is 13.1. The molecule has 0 saturated heterocycles. The van der Waals surface area contributed by atoms with Gasteiger partial charge in [0.25, 0.3) is 0 Å². The second-order valence-electron chi connectivity index (χ2n) is 9.58. The van der Waals surface area contributed by atoms with Crippen LogP contribution in [0.3, 0.4) is 0 Å². The van der Waals surface area contributed by atoms with Crippen molar-refractivity contribution in [3.05, 3.63) is 121 Å². The maximum Gasteiger partial charge on any atom is 0.0950 e. The minimum atomic E-state index is 0.709. The number of aliphatic imine (C=N–C) groups is 1. The van der Waals surface area contributed by atoms with Crippen LogP contribution in [0.15, 0.2) is 120 Å². The molecule has 37 heavy (non-hydrogen) atoms. The molecule has 0 radical (unpaired) electrons. The van der Waals surface area contributed by atoms with E-state index in [1.165, 1.54) is 52.8 Å². The Labute approximate surface area is 218 Å². The molecule has 7 aromatic rings. The highest BCUT2D eigenvalue weighted by Gasteiger charge is 2.19. The largest absolute Gasteiger partial charge is 0.377 e. The summed E-state index contributed by atoms with van der Waals surface area (Å²) in [5, 5.41) is 11.3. The Balaban J connectivity index is 1.24. The van der Waals surface area contributed by atoms with E-state index < -0.39 is 0 Å². The SMILES string of the molecule is c1ccc2c(c1)sc1c(-c3ccc(C4=Nc5c(c6ccccc6c6ccccc56)NC4)cc3)cccc12. The lowest BCUT2D eigenvalue weighted by molar-refractivity contribution is 1.32. The van der Waals surface area contributed by atoms with Crippen molar-refractivity contribution in [3.8, 4) is 11.1 Å². The summed E-state index contributed by atoms with van der Waals surface area (Å²) >= 11 is 1.88. The van der Waals surface area contributed by atoms with Gasteiger partial charge in [-0.25, -0.2) is 4.99 Å². The topological polar surface area (TPSA) is 24.4 Å². The van der Waals surface area contributed by atoms with Crippen LogP contribution in [-0.2, 0) is 0 Å². The van der Waals surface area contributed by atoms with E-state index in [-0.39, 0.29) is 0 Å². The number of thiophene rings is 1. The molecule has 1 aliphatic heterocycles. The Morgan fingerprint density at radius 3 is 1.97 bits per heavy atom. The summed E-state index contributed by atoms with van der Waals surface area (Å²) in [7, 11) is 0. The monoisotopic (exact) mass is 490 g/mol. The summed E-state index contributed by atoms with van der Waals surface area (Å²) in [4.78, 5) is 5.23. The highest BCUT2D eigenvalue weighted by Crippen LogP contribution is 2.44. The van der Waals surface area contributed by atoms with E-state index in [9.17, 15) is 0 Å². The van der Waals surface area contributed by atoms with Crippen LogP contribution in [0, 0.1) is 0 Å². The molecule has 0 aliphatic carbocycles. The zero-order chi connectivity index (χ0) is 24.3. The molecular weight excluding hydrogens is 468 g/mol. The number of benzene rings is 6. The van der Waals surface area contributed by atoms with Gasteiger partial charge in [0.1, 0.15) is 0 Å². The average Bonchev–Trinajstić information content (AvgIpc) is 3.36. The zero-order valence-electron chi connectivity index (χ0n) is 20.0. The van der Waals surface area contributed by atoms with Crippen molar-refractivity contribution in [3.63, 3.8) is 0 Å². The fraction of sp³-hybridized carbons (Fsp3) is 0.0294. The maximum atomic E-state index is 5.23. The number of rotatable bonds is 2. The molecule has 3 heteroatoms. The van der Waals surface area contributed by atoms with Crippen LogP contribution in [0.4, 0.5) is 11.4 Å². The molecule has 0 atom stereocenters. The van der Waals surface area contributed by atoms with E-state index >= 15 is 0 Å². The molecule has 174 valence electrons. The summed E-state index contributed by atoms with van der Waals surface area (Å²) in [6.07, 6.45) is 0. The number of nitrogens with one attached hydrogen (secondary N) is 1. The molecule has 0 unspecified atom stereocenters. The van der Waals surface area contributed by atoms with Gasteiger partial charge in [-0.2, -0.15) is 0 Å². The minimum Gasteiger partial charge on any atom is -0.377 e. The maximum absolute atomic E-state index is 5.23. The first-order valence-electron chi connectivity index (χ1n) is 12.6. The molecule has 2 nitrogen and oxygen atoms in total. The van der Waals surface area contributed by atoms with Gasteiger partial charge in [-0.1, -0.05) is 109 Å². The third-order valence-corrected chi connectivity index (χ3v) is 8.74. The lowest BCUT2D eigenvalue weighted by Crippen LogP contribution is -2.19. The molecule has 0 amide bonds. The van der Waals surface area contributed by atoms with E-state index in [0.29, 0.717) is 6.54 Å². The van der Waals surface area contributed by atoms with E-state index in [1.54, 1.807) is 0 Å². The van der Waals surface area contributed by atoms with Gasteiger partial charge in [-0.15, -0.1) is 11.3 Å².